The third-order valence-corrected chi connectivity index (χ3v) is 3.90. The van der Waals surface area contributed by atoms with Gasteiger partial charge in [0.2, 0.25) is 5.91 Å². The molecule has 3 rings (SSSR count). The normalized spacial score (nSPS) is 13.0. The Morgan fingerprint density at radius 1 is 1.09 bits per heavy atom. The first-order valence-electron chi connectivity index (χ1n) is 7.47. The van der Waals surface area contributed by atoms with E-state index in [1.165, 1.54) is 35.8 Å². The third-order valence-electron chi connectivity index (χ3n) is 3.90. The van der Waals surface area contributed by atoms with Gasteiger partial charge in [0.05, 0.1) is 4.92 Å². The molecule has 0 radical (unpaired) electrons. The number of nitro groups is 1. The summed E-state index contributed by atoms with van der Waals surface area (Å²) in [4.78, 5) is 22.1. The van der Waals surface area contributed by atoms with Crippen molar-refractivity contribution in [3.63, 3.8) is 0 Å². The van der Waals surface area contributed by atoms with E-state index in [4.69, 9.17) is 0 Å². The summed E-state index contributed by atoms with van der Waals surface area (Å²) in [6.07, 6.45) is 6.41. The lowest BCUT2D eigenvalue weighted by Crippen LogP contribution is -2.08. The number of amides is 1. The summed E-state index contributed by atoms with van der Waals surface area (Å²) < 4.78 is 0. The second-order valence-corrected chi connectivity index (χ2v) is 5.51. The zero-order chi connectivity index (χ0) is 16.2. The Morgan fingerprint density at radius 3 is 2.57 bits per heavy atom. The summed E-state index contributed by atoms with van der Waals surface area (Å²) in [6, 6.07) is 12.1. The van der Waals surface area contributed by atoms with Gasteiger partial charge in [0.1, 0.15) is 0 Å². The average Bonchev–Trinajstić information content (AvgIpc) is 3.01. The van der Waals surface area contributed by atoms with Crippen molar-refractivity contribution in [2.75, 3.05) is 5.32 Å². The van der Waals surface area contributed by atoms with Gasteiger partial charge in [0, 0.05) is 23.9 Å². The molecule has 0 spiro atoms. The monoisotopic (exact) mass is 308 g/mol. The summed E-state index contributed by atoms with van der Waals surface area (Å²) in [5.41, 5.74) is 4.24. The molecule has 0 saturated heterocycles. The van der Waals surface area contributed by atoms with Crippen LogP contribution in [-0.4, -0.2) is 10.8 Å². The van der Waals surface area contributed by atoms with Crippen molar-refractivity contribution >= 4 is 23.4 Å². The molecule has 0 atom stereocenters. The lowest BCUT2D eigenvalue weighted by atomic mass is 10.1. The summed E-state index contributed by atoms with van der Waals surface area (Å²) in [7, 11) is 0. The number of nitro benzene ring substituents is 1. The van der Waals surface area contributed by atoms with Gasteiger partial charge in [-0.2, -0.15) is 0 Å². The number of carbonyl (C=O) groups is 1. The fraction of sp³-hybridized carbons (Fsp3) is 0.167. The molecule has 116 valence electrons. The largest absolute Gasteiger partial charge is 0.323 e. The molecule has 0 heterocycles. The van der Waals surface area contributed by atoms with Gasteiger partial charge in [-0.25, -0.2) is 0 Å². The number of rotatable bonds is 4. The quantitative estimate of drug-likeness (QED) is 0.531. The van der Waals surface area contributed by atoms with E-state index in [1.807, 2.05) is 12.1 Å². The van der Waals surface area contributed by atoms with E-state index >= 15 is 0 Å². The smallest absolute Gasteiger partial charge is 0.269 e. The molecular formula is C18H16N2O3. The second-order valence-electron chi connectivity index (χ2n) is 5.51. The van der Waals surface area contributed by atoms with Crippen LogP contribution in [-0.2, 0) is 17.6 Å². The van der Waals surface area contributed by atoms with Crippen LogP contribution in [0, 0.1) is 10.1 Å². The van der Waals surface area contributed by atoms with Gasteiger partial charge >= 0.3 is 0 Å². The van der Waals surface area contributed by atoms with Crippen LogP contribution in [0.4, 0.5) is 11.4 Å². The molecule has 0 saturated carbocycles. The number of carbonyl (C=O) groups excluding carboxylic acids is 1. The minimum atomic E-state index is -0.450. The highest BCUT2D eigenvalue weighted by atomic mass is 16.6. The molecule has 0 aromatic heterocycles. The number of fused-ring (bicyclic) bond motifs is 1. The molecule has 5 heteroatoms. The highest BCUT2D eigenvalue weighted by Crippen LogP contribution is 2.24. The number of hydrogen-bond donors (Lipinski definition) is 1. The molecular weight excluding hydrogens is 292 g/mol. The van der Waals surface area contributed by atoms with E-state index in [1.54, 1.807) is 18.2 Å². The first kappa shape index (κ1) is 15.0. The summed E-state index contributed by atoms with van der Waals surface area (Å²) in [5.74, 6) is -0.221. The third kappa shape index (κ3) is 3.63. The number of nitrogens with one attached hydrogen (secondary N) is 1. The van der Waals surface area contributed by atoms with Gasteiger partial charge in [0.25, 0.3) is 5.69 Å². The van der Waals surface area contributed by atoms with Crippen LogP contribution in [0.15, 0.2) is 48.5 Å². The number of nitrogens with zero attached hydrogens (tertiary/aromatic N) is 1. The maximum Gasteiger partial charge on any atom is 0.269 e. The Bertz CT molecular complexity index is 779. The number of aryl methyl sites for hydroxylation is 2. The van der Waals surface area contributed by atoms with Gasteiger partial charge in [0.15, 0.2) is 0 Å². The lowest BCUT2D eigenvalue weighted by Gasteiger charge is -2.05. The van der Waals surface area contributed by atoms with Crippen molar-refractivity contribution in [3.05, 3.63) is 75.3 Å². The Labute approximate surface area is 133 Å². The molecule has 23 heavy (non-hydrogen) atoms. The molecule has 1 aliphatic carbocycles. The fourth-order valence-corrected chi connectivity index (χ4v) is 2.71. The molecule has 1 N–H and O–H groups in total. The average molecular weight is 308 g/mol. The van der Waals surface area contributed by atoms with Crippen molar-refractivity contribution in [3.8, 4) is 0 Å². The van der Waals surface area contributed by atoms with Crippen molar-refractivity contribution in [1.82, 2.24) is 0 Å². The highest BCUT2D eigenvalue weighted by molar-refractivity contribution is 6.02. The zero-order valence-electron chi connectivity index (χ0n) is 12.5. The molecule has 0 unspecified atom stereocenters. The standard InChI is InChI=1S/C18H16N2O3/c21-18(11-6-13-4-9-17(10-5-13)20(22)23)19-16-8-7-14-2-1-3-15(14)12-16/h4-12H,1-3H2,(H,19,21)/b11-6-. The molecule has 0 fully saturated rings. The predicted molar refractivity (Wildman–Crippen MR) is 89.2 cm³/mol. The number of anilines is 1. The lowest BCUT2D eigenvalue weighted by molar-refractivity contribution is -0.384. The van der Waals surface area contributed by atoms with Gasteiger partial charge < -0.3 is 5.32 Å². The minimum Gasteiger partial charge on any atom is -0.323 e. The second kappa shape index (κ2) is 6.44. The first-order valence-corrected chi connectivity index (χ1v) is 7.47. The number of hydrogen-bond acceptors (Lipinski definition) is 3. The fourth-order valence-electron chi connectivity index (χ4n) is 2.71. The molecule has 5 nitrogen and oxygen atoms in total. The van der Waals surface area contributed by atoms with Crippen molar-refractivity contribution in [1.29, 1.82) is 0 Å². The summed E-state index contributed by atoms with van der Waals surface area (Å²) >= 11 is 0. The van der Waals surface area contributed by atoms with E-state index in [0.717, 1.165) is 24.1 Å². The van der Waals surface area contributed by atoms with Crippen LogP contribution in [0.25, 0.3) is 6.08 Å². The van der Waals surface area contributed by atoms with Crippen LogP contribution in [0.3, 0.4) is 0 Å². The Morgan fingerprint density at radius 2 is 1.83 bits per heavy atom. The predicted octanol–water partition coefficient (Wildman–Crippen LogP) is 3.74. The van der Waals surface area contributed by atoms with E-state index in [9.17, 15) is 14.9 Å². The first-order chi connectivity index (χ1) is 11.1. The van der Waals surface area contributed by atoms with Crippen molar-refractivity contribution < 1.29 is 9.72 Å². The molecule has 0 aliphatic heterocycles. The van der Waals surface area contributed by atoms with E-state index in [0.29, 0.717) is 0 Å². The molecule has 2 aromatic carbocycles. The Hall–Kier alpha value is -2.95. The van der Waals surface area contributed by atoms with Gasteiger partial charge in [-0.15, -0.1) is 0 Å². The SMILES string of the molecule is O=C(/C=C\c1ccc([N+](=O)[O-])cc1)Nc1ccc2c(c1)CCC2. The van der Waals surface area contributed by atoms with E-state index in [-0.39, 0.29) is 11.6 Å². The summed E-state index contributed by atoms with van der Waals surface area (Å²) in [5, 5.41) is 13.4. The van der Waals surface area contributed by atoms with Gasteiger partial charge in [-0.05, 0) is 66.3 Å². The maximum absolute atomic E-state index is 12.0. The van der Waals surface area contributed by atoms with Gasteiger partial charge in [-0.1, -0.05) is 6.07 Å². The van der Waals surface area contributed by atoms with Crippen molar-refractivity contribution in [2.45, 2.75) is 19.3 Å². The minimum absolute atomic E-state index is 0.0322. The number of non-ortho nitro benzene ring substituents is 1. The maximum atomic E-state index is 12.0. The number of benzene rings is 2. The van der Waals surface area contributed by atoms with E-state index in [2.05, 4.69) is 11.4 Å². The van der Waals surface area contributed by atoms with Gasteiger partial charge in [-0.3, -0.25) is 14.9 Å². The summed E-state index contributed by atoms with van der Waals surface area (Å²) in [6.45, 7) is 0. The topological polar surface area (TPSA) is 72.2 Å². The van der Waals surface area contributed by atoms with Crippen molar-refractivity contribution in [2.24, 2.45) is 0 Å². The molecule has 0 bridgehead atoms. The Kier molecular flexibility index (Phi) is 4.19. The van der Waals surface area contributed by atoms with Crippen LogP contribution < -0.4 is 5.32 Å². The van der Waals surface area contributed by atoms with Crippen LogP contribution in [0.5, 0.6) is 0 Å². The van der Waals surface area contributed by atoms with Crippen LogP contribution >= 0.6 is 0 Å². The van der Waals surface area contributed by atoms with E-state index < -0.39 is 4.92 Å². The molecule has 1 aliphatic rings. The molecule has 2 aromatic rings. The van der Waals surface area contributed by atoms with Crippen LogP contribution in [0.1, 0.15) is 23.1 Å². The highest BCUT2D eigenvalue weighted by Gasteiger charge is 2.11. The van der Waals surface area contributed by atoms with Crippen LogP contribution in [0.2, 0.25) is 0 Å². The Balaban J connectivity index is 1.63. The zero-order valence-corrected chi connectivity index (χ0v) is 12.5. The molecule has 1 amide bonds.